The van der Waals surface area contributed by atoms with E-state index in [1.54, 1.807) is 12.1 Å². The first-order chi connectivity index (χ1) is 16.5. The summed E-state index contributed by atoms with van der Waals surface area (Å²) >= 11 is 0. The number of amides is 1. The molecule has 3 aromatic rings. The summed E-state index contributed by atoms with van der Waals surface area (Å²) in [5, 5.41) is 21.8. The van der Waals surface area contributed by atoms with Crippen molar-refractivity contribution in [2.45, 2.75) is 64.0 Å². The van der Waals surface area contributed by atoms with Crippen molar-refractivity contribution < 1.29 is 13.9 Å². The Bertz CT molecular complexity index is 1220. The lowest BCUT2D eigenvalue weighted by molar-refractivity contribution is -0.117. The second-order valence-electron chi connectivity index (χ2n) is 9.16. The Kier molecular flexibility index (Phi) is 5.89. The molecule has 0 unspecified atom stereocenters. The minimum Gasteiger partial charge on any atom is -0.493 e. The fourth-order valence-electron chi connectivity index (χ4n) is 4.54. The highest BCUT2D eigenvalue weighted by Gasteiger charge is 2.41. The molecule has 2 N–H and O–H groups in total. The summed E-state index contributed by atoms with van der Waals surface area (Å²) < 4.78 is 22.9. The van der Waals surface area contributed by atoms with Crippen LogP contribution in [0, 0.1) is 5.82 Å². The van der Waals surface area contributed by atoms with E-state index in [1.807, 2.05) is 23.9 Å². The molecular weight excluding hydrogens is 437 g/mol. The van der Waals surface area contributed by atoms with Crippen LogP contribution < -0.4 is 10.1 Å². The SMILES string of the molecule is CCCCOc1ccc([C@]2(C)CC(c3ccn(C4CCC4)n3)=C(c3nn[nH]n3)C(=O)N2)c(F)c1. The lowest BCUT2D eigenvalue weighted by atomic mass is 9.79. The van der Waals surface area contributed by atoms with Gasteiger partial charge in [-0.2, -0.15) is 10.3 Å². The average Bonchev–Trinajstić information content (AvgIpc) is 3.45. The van der Waals surface area contributed by atoms with E-state index in [2.05, 4.69) is 32.9 Å². The Morgan fingerprint density at radius 2 is 2.15 bits per heavy atom. The molecule has 0 radical (unpaired) electrons. The number of halogens is 1. The first-order valence-electron chi connectivity index (χ1n) is 11.8. The molecule has 1 aromatic carbocycles. The van der Waals surface area contributed by atoms with Gasteiger partial charge in [-0.3, -0.25) is 9.48 Å². The number of benzene rings is 1. The molecule has 34 heavy (non-hydrogen) atoms. The molecule has 9 nitrogen and oxygen atoms in total. The Hall–Kier alpha value is -3.56. The molecule has 0 bridgehead atoms. The van der Waals surface area contributed by atoms with Gasteiger partial charge in [0.25, 0.3) is 5.91 Å². The molecule has 5 rings (SSSR count). The lowest BCUT2D eigenvalue weighted by Crippen LogP contribution is -2.48. The van der Waals surface area contributed by atoms with Gasteiger partial charge < -0.3 is 10.1 Å². The summed E-state index contributed by atoms with van der Waals surface area (Å²) in [7, 11) is 0. The molecule has 2 aromatic heterocycles. The molecule has 10 heteroatoms. The summed E-state index contributed by atoms with van der Waals surface area (Å²) in [6.07, 6.45) is 7.53. The Balaban J connectivity index is 1.52. The zero-order valence-corrected chi connectivity index (χ0v) is 19.3. The minimum absolute atomic E-state index is 0.188. The number of hydrogen-bond acceptors (Lipinski definition) is 6. The maximum atomic E-state index is 15.3. The van der Waals surface area contributed by atoms with Gasteiger partial charge in [-0.1, -0.05) is 19.4 Å². The van der Waals surface area contributed by atoms with Crippen LogP contribution >= 0.6 is 0 Å². The van der Waals surface area contributed by atoms with Crippen molar-refractivity contribution >= 4 is 17.1 Å². The number of aromatic nitrogens is 6. The number of rotatable bonds is 8. The highest BCUT2D eigenvalue weighted by molar-refractivity contribution is 6.27. The van der Waals surface area contributed by atoms with E-state index in [-0.39, 0.29) is 5.82 Å². The number of hydrogen-bond donors (Lipinski definition) is 2. The number of nitrogens with one attached hydrogen (secondary N) is 2. The Labute approximate surface area is 196 Å². The zero-order valence-electron chi connectivity index (χ0n) is 19.3. The first-order valence-corrected chi connectivity index (χ1v) is 11.8. The van der Waals surface area contributed by atoms with Crippen molar-refractivity contribution in [2.24, 2.45) is 0 Å². The second kappa shape index (κ2) is 9.00. The topological polar surface area (TPSA) is 111 Å². The van der Waals surface area contributed by atoms with Crippen LogP contribution in [0.5, 0.6) is 5.75 Å². The van der Waals surface area contributed by atoms with Crippen molar-refractivity contribution in [3.05, 3.63) is 53.4 Å². The summed E-state index contributed by atoms with van der Waals surface area (Å²) in [4.78, 5) is 13.4. The van der Waals surface area contributed by atoms with Gasteiger partial charge in [-0.15, -0.1) is 10.2 Å². The van der Waals surface area contributed by atoms with Gasteiger partial charge in [0, 0.05) is 24.2 Å². The minimum atomic E-state index is -0.994. The monoisotopic (exact) mass is 465 g/mol. The smallest absolute Gasteiger partial charge is 0.256 e. The summed E-state index contributed by atoms with van der Waals surface area (Å²) in [6.45, 7) is 4.42. The third kappa shape index (κ3) is 4.08. The molecule has 178 valence electrons. The average molecular weight is 466 g/mol. The van der Waals surface area contributed by atoms with Crippen LogP contribution in [0.2, 0.25) is 0 Å². The maximum absolute atomic E-state index is 15.3. The van der Waals surface area contributed by atoms with E-state index in [1.165, 1.54) is 12.5 Å². The molecule has 2 aliphatic rings. The summed E-state index contributed by atoms with van der Waals surface area (Å²) in [6, 6.07) is 7.08. The highest BCUT2D eigenvalue weighted by atomic mass is 19.1. The van der Waals surface area contributed by atoms with E-state index in [9.17, 15) is 4.79 Å². The number of carbonyl (C=O) groups excluding carboxylic acids is 1. The van der Waals surface area contributed by atoms with Crippen LogP contribution in [-0.4, -0.2) is 42.9 Å². The zero-order chi connectivity index (χ0) is 23.7. The third-order valence-electron chi connectivity index (χ3n) is 6.69. The van der Waals surface area contributed by atoms with Gasteiger partial charge >= 0.3 is 0 Å². The van der Waals surface area contributed by atoms with E-state index in [0.29, 0.717) is 47.2 Å². The van der Waals surface area contributed by atoms with E-state index in [0.717, 1.165) is 25.7 Å². The quantitative estimate of drug-likeness (QED) is 0.490. The number of nitrogens with zero attached hydrogens (tertiary/aromatic N) is 5. The number of unbranched alkanes of at least 4 members (excludes halogenated alkanes) is 1. The molecule has 1 saturated carbocycles. The van der Waals surface area contributed by atoms with Crippen molar-refractivity contribution in [1.82, 2.24) is 35.7 Å². The molecule has 1 fully saturated rings. The summed E-state index contributed by atoms with van der Waals surface area (Å²) in [5.41, 5.74) is 1.00. The first kappa shape index (κ1) is 22.2. The largest absolute Gasteiger partial charge is 0.493 e. The van der Waals surface area contributed by atoms with Crippen molar-refractivity contribution in [1.29, 1.82) is 0 Å². The van der Waals surface area contributed by atoms with Gasteiger partial charge in [-0.25, -0.2) is 4.39 Å². The molecule has 0 spiro atoms. The third-order valence-corrected chi connectivity index (χ3v) is 6.69. The van der Waals surface area contributed by atoms with Crippen LogP contribution in [0.25, 0.3) is 11.1 Å². The molecule has 1 atom stereocenters. The van der Waals surface area contributed by atoms with Gasteiger partial charge in [0.1, 0.15) is 11.6 Å². The number of aromatic amines is 1. The van der Waals surface area contributed by atoms with Crippen LogP contribution in [0.1, 0.15) is 75.5 Å². The summed E-state index contributed by atoms with van der Waals surface area (Å²) in [5.74, 6) is -0.166. The molecule has 1 aliphatic heterocycles. The number of ether oxygens (including phenoxy) is 1. The fraction of sp³-hybridized carbons (Fsp3) is 0.458. The molecular formula is C24H28FN7O2. The predicted octanol–water partition coefficient (Wildman–Crippen LogP) is 3.79. The normalized spacial score (nSPS) is 20.9. The van der Waals surface area contributed by atoms with Crippen LogP contribution in [0.3, 0.4) is 0 Å². The Morgan fingerprint density at radius 3 is 2.82 bits per heavy atom. The highest BCUT2D eigenvalue weighted by Crippen LogP contribution is 2.42. The van der Waals surface area contributed by atoms with Crippen LogP contribution in [-0.2, 0) is 10.3 Å². The standard InChI is InChI=1S/C24H28FN7O2/c1-3-4-12-34-16-8-9-18(19(25)13-16)24(2)14-17(20-10-11-32(29-20)15-6-5-7-15)21(23(33)26-24)22-27-30-31-28-22/h8-11,13,15H,3-7,12,14H2,1-2H3,(H,26,33)(H,27,28,30,31)/t24-/m0/s1. The van der Waals surface area contributed by atoms with Gasteiger partial charge in [0.05, 0.1) is 29.5 Å². The van der Waals surface area contributed by atoms with Crippen molar-refractivity contribution in [2.75, 3.05) is 6.61 Å². The maximum Gasteiger partial charge on any atom is 0.256 e. The second-order valence-corrected chi connectivity index (χ2v) is 9.16. The lowest BCUT2D eigenvalue weighted by Gasteiger charge is -2.37. The number of carbonyl (C=O) groups is 1. The predicted molar refractivity (Wildman–Crippen MR) is 123 cm³/mol. The van der Waals surface area contributed by atoms with Crippen molar-refractivity contribution in [3.8, 4) is 5.75 Å². The number of H-pyrrole nitrogens is 1. The van der Waals surface area contributed by atoms with E-state index < -0.39 is 17.3 Å². The van der Waals surface area contributed by atoms with Crippen LogP contribution in [0.15, 0.2) is 30.5 Å². The van der Waals surface area contributed by atoms with Crippen molar-refractivity contribution in [3.63, 3.8) is 0 Å². The number of tetrazole rings is 1. The molecule has 3 heterocycles. The Morgan fingerprint density at radius 1 is 1.29 bits per heavy atom. The molecule has 1 amide bonds. The molecule has 0 saturated heterocycles. The van der Waals surface area contributed by atoms with Gasteiger partial charge in [0.2, 0.25) is 5.82 Å². The van der Waals surface area contributed by atoms with Gasteiger partial charge in [0.15, 0.2) is 0 Å². The molecule has 1 aliphatic carbocycles. The fourth-order valence-corrected chi connectivity index (χ4v) is 4.54. The van der Waals surface area contributed by atoms with E-state index >= 15 is 4.39 Å². The van der Waals surface area contributed by atoms with E-state index in [4.69, 9.17) is 9.84 Å². The van der Waals surface area contributed by atoms with Crippen LogP contribution in [0.4, 0.5) is 4.39 Å². The van der Waals surface area contributed by atoms with Gasteiger partial charge in [-0.05, 0) is 55.5 Å².